The summed E-state index contributed by atoms with van der Waals surface area (Å²) in [4.78, 5) is 4.28. The predicted octanol–water partition coefficient (Wildman–Crippen LogP) is 3.49. The molecular formula is C14H18F3N3. The number of fused-ring (bicyclic) bond motifs is 1. The molecule has 0 amide bonds. The van der Waals surface area contributed by atoms with Gasteiger partial charge in [0.25, 0.3) is 0 Å². The van der Waals surface area contributed by atoms with E-state index in [2.05, 4.69) is 10.3 Å². The number of nitrogens with one attached hydrogen (secondary N) is 1. The van der Waals surface area contributed by atoms with Gasteiger partial charge in [0.05, 0.1) is 0 Å². The molecule has 0 aliphatic heterocycles. The topological polar surface area (TPSA) is 29.9 Å². The summed E-state index contributed by atoms with van der Waals surface area (Å²) in [6, 6.07) is 3.80. The summed E-state index contributed by atoms with van der Waals surface area (Å²) in [5, 5.41) is 4.23. The van der Waals surface area contributed by atoms with Gasteiger partial charge < -0.3 is 9.88 Å². The Kier molecular flexibility index (Phi) is 4.65. The molecule has 0 aliphatic carbocycles. The van der Waals surface area contributed by atoms with Crippen molar-refractivity contribution in [2.75, 3.05) is 6.54 Å². The molecule has 2 rings (SSSR count). The fraction of sp³-hybridized carbons (Fsp3) is 0.500. The van der Waals surface area contributed by atoms with E-state index in [1.54, 1.807) is 6.20 Å². The summed E-state index contributed by atoms with van der Waals surface area (Å²) in [6.07, 6.45) is -1.22. The molecule has 0 atom stereocenters. The first-order chi connectivity index (χ1) is 9.51. The quantitative estimate of drug-likeness (QED) is 0.880. The van der Waals surface area contributed by atoms with E-state index in [9.17, 15) is 13.2 Å². The SMILES string of the molecule is CCNCc1cn(CCCC(F)(F)F)c2ncccc12. The third kappa shape index (κ3) is 3.72. The Bertz CT molecular complexity index is 560. The van der Waals surface area contributed by atoms with E-state index >= 15 is 0 Å². The zero-order chi connectivity index (χ0) is 14.6. The molecule has 0 spiro atoms. The van der Waals surface area contributed by atoms with Crippen molar-refractivity contribution in [3.8, 4) is 0 Å². The summed E-state index contributed by atoms with van der Waals surface area (Å²) in [5.41, 5.74) is 1.82. The second kappa shape index (κ2) is 6.26. The minimum Gasteiger partial charge on any atom is -0.332 e. The van der Waals surface area contributed by atoms with E-state index in [-0.39, 0.29) is 6.42 Å². The highest BCUT2D eigenvalue weighted by molar-refractivity contribution is 5.80. The maximum absolute atomic E-state index is 12.2. The van der Waals surface area contributed by atoms with Crippen LogP contribution in [0.4, 0.5) is 13.2 Å². The van der Waals surface area contributed by atoms with Gasteiger partial charge in [-0.15, -0.1) is 0 Å². The van der Waals surface area contributed by atoms with Gasteiger partial charge in [0.2, 0.25) is 0 Å². The Hall–Kier alpha value is -1.56. The molecule has 20 heavy (non-hydrogen) atoms. The molecular weight excluding hydrogens is 267 g/mol. The maximum Gasteiger partial charge on any atom is 0.389 e. The zero-order valence-corrected chi connectivity index (χ0v) is 11.4. The number of pyridine rings is 1. The smallest absolute Gasteiger partial charge is 0.332 e. The van der Waals surface area contributed by atoms with Crippen LogP contribution in [0.15, 0.2) is 24.5 Å². The van der Waals surface area contributed by atoms with Crippen molar-refractivity contribution >= 4 is 11.0 Å². The number of hydrogen-bond donors (Lipinski definition) is 1. The van der Waals surface area contributed by atoms with Crippen LogP contribution >= 0.6 is 0 Å². The Labute approximate surface area is 115 Å². The molecule has 1 N–H and O–H groups in total. The van der Waals surface area contributed by atoms with Crippen LogP contribution in [0.2, 0.25) is 0 Å². The van der Waals surface area contributed by atoms with Crippen LogP contribution in [-0.2, 0) is 13.1 Å². The van der Waals surface area contributed by atoms with Gasteiger partial charge in [-0.05, 0) is 30.7 Å². The summed E-state index contributed by atoms with van der Waals surface area (Å²) >= 11 is 0. The van der Waals surface area contributed by atoms with E-state index in [4.69, 9.17) is 0 Å². The van der Waals surface area contributed by atoms with E-state index in [1.165, 1.54) is 0 Å². The highest BCUT2D eigenvalue weighted by Gasteiger charge is 2.26. The van der Waals surface area contributed by atoms with Crippen LogP contribution in [-0.4, -0.2) is 22.3 Å². The lowest BCUT2D eigenvalue weighted by Crippen LogP contribution is -2.11. The van der Waals surface area contributed by atoms with Crippen LogP contribution in [0.1, 0.15) is 25.3 Å². The number of halogens is 3. The fourth-order valence-electron chi connectivity index (χ4n) is 2.22. The average molecular weight is 285 g/mol. The standard InChI is InChI=1S/C14H18F3N3/c1-2-18-9-11-10-20(8-4-6-14(15,16)17)13-12(11)5-3-7-19-13/h3,5,7,10,18H,2,4,6,8-9H2,1H3. The van der Waals surface area contributed by atoms with Crippen LogP contribution in [0.3, 0.4) is 0 Å². The Morgan fingerprint density at radius 2 is 2.15 bits per heavy atom. The molecule has 0 aromatic carbocycles. The number of nitrogens with zero attached hydrogens (tertiary/aromatic N) is 2. The summed E-state index contributed by atoms with van der Waals surface area (Å²) < 4.78 is 38.4. The first-order valence-corrected chi connectivity index (χ1v) is 6.71. The molecule has 0 saturated heterocycles. The largest absolute Gasteiger partial charge is 0.389 e. The summed E-state index contributed by atoms with van der Waals surface area (Å²) in [7, 11) is 0. The van der Waals surface area contributed by atoms with Gasteiger partial charge in [-0.2, -0.15) is 13.2 Å². The lowest BCUT2D eigenvalue weighted by atomic mass is 10.2. The third-order valence-electron chi connectivity index (χ3n) is 3.14. The number of aryl methyl sites for hydroxylation is 1. The lowest BCUT2D eigenvalue weighted by Gasteiger charge is -2.07. The van der Waals surface area contributed by atoms with Crippen molar-refractivity contribution in [1.29, 1.82) is 0 Å². The second-order valence-corrected chi connectivity index (χ2v) is 4.72. The molecule has 0 unspecified atom stereocenters. The molecule has 110 valence electrons. The number of alkyl halides is 3. The van der Waals surface area contributed by atoms with Crippen molar-refractivity contribution < 1.29 is 13.2 Å². The monoisotopic (exact) mass is 285 g/mol. The summed E-state index contributed by atoms with van der Waals surface area (Å²) in [5.74, 6) is 0. The Morgan fingerprint density at radius 3 is 2.85 bits per heavy atom. The van der Waals surface area contributed by atoms with E-state index in [0.29, 0.717) is 13.1 Å². The third-order valence-corrected chi connectivity index (χ3v) is 3.14. The molecule has 2 aromatic rings. The van der Waals surface area contributed by atoms with Crippen LogP contribution in [0.25, 0.3) is 11.0 Å². The minimum atomic E-state index is -4.09. The van der Waals surface area contributed by atoms with Crippen molar-refractivity contribution in [2.24, 2.45) is 0 Å². The van der Waals surface area contributed by atoms with Gasteiger partial charge in [0, 0.05) is 37.3 Å². The lowest BCUT2D eigenvalue weighted by molar-refractivity contribution is -0.135. The Morgan fingerprint density at radius 1 is 1.35 bits per heavy atom. The average Bonchev–Trinajstić information content (AvgIpc) is 2.74. The Balaban J connectivity index is 2.16. The van der Waals surface area contributed by atoms with Gasteiger partial charge in [-0.25, -0.2) is 4.98 Å². The van der Waals surface area contributed by atoms with Gasteiger partial charge in [-0.1, -0.05) is 6.92 Å². The normalized spacial score (nSPS) is 12.2. The van der Waals surface area contributed by atoms with Gasteiger partial charge >= 0.3 is 6.18 Å². The molecule has 0 radical (unpaired) electrons. The fourth-order valence-corrected chi connectivity index (χ4v) is 2.22. The number of aromatic nitrogens is 2. The molecule has 3 nitrogen and oxygen atoms in total. The first kappa shape index (κ1) is 14.8. The zero-order valence-electron chi connectivity index (χ0n) is 11.4. The number of rotatable bonds is 6. The predicted molar refractivity (Wildman–Crippen MR) is 72.4 cm³/mol. The van der Waals surface area contributed by atoms with Crippen LogP contribution < -0.4 is 5.32 Å². The molecule has 6 heteroatoms. The number of hydrogen-bond acceptors (Lipinski definition) is 2. The van der Waals surface area contributed by atoms with Crippen molar-refractivity contribution in [2.45, 2.75) is 39.0 Å². The van der Waals surface area contributed by atoms with Crippen molar-refractivity contribution in [3.63, 3.8) is 0 Å². The highest BCUT2D eigenvalue weighted by Crippen LogP contribution is 2.24. The van der Waals surface area contributed by atoms with Gasteiger partial charge in [-0.3, -0.25) is 0 Å². The minimum absolute atomic E-state index is 0.0739. The maximum atomic E-state index is 12.2. The molecule has 0 aliphatic rings. The van der Waals surface area contributed by atoms with Gasteiger partial charge in [0.1, 0.15) is 5.65 Å². The first-order valence-electron chi connectivity index (χ1n) is 6.71. The van der Waals surface area contributed by atoms with E-state index in [0.717, 1.165) is 23.1 Å². The van der Waals surface area contributed by atoms with E-state index < -0.39 is 12.6 Å². The van der Waals surface area contributed by atoms with Crippen molar-refractivity contribution in [1.82, 2.24) is 14.9 Å². The molecule has 0 fully saturated rings. The van der Waals surface area contributed by atoms with E-state index in [1.807, 2.05) is 29.8 Å². The molecule has 0 bridgehead atoms. The molecule has 2 aromatic heterocycles. The van der Waals surface area contributed by atoms with Crippen LogP contribution in [0.5, 0.6) is 0 Å². The van der Waals surface area contributed by atoms with Crippen molar-refractivity contribution in [3.05, 3.63) is 30.1 Å². The van der Waals surface area contributed by atoms with Crippen LogP contribution in [0, 0.1) is 0 Å². The highest BCUT2D eigenvalue weighted by atomic mass is 19.4. The molecule has 2 heterocycles. The molecule has 0 saturated carbocycles. The second-order valence-electron chi connectivity index (χ2n) is 4.72. The summed E-state index contributed by atoms with van der Waals surface area (Å²) in [6.45, 7) is 3.89. The van der Waals surface area contributed by atoms with Gasteiger partial charge in [0.15, 0.2) is 0 Å².